The molecule has 0 bridgehead atoms. The molecular formula is C19H21N3O4. The lowest BCUT2D eigenvalue weighted by Crippen LogP contribution is -2.49. The van der Waals surface area contributed by atoms with Crippen LogP contribution in [0.2, 0.25) is 0 Å². The van der Waals surface area contributed by atoms with Crippen molar-refractivity contribution in [2.45, 2.75) is 19.4 Å². The smallest absolute Gasteiger partial charge is 0.292 e. The molecule has 2 fully saturated rings. The Kier molecular flexibility index (Phi) is 4.46. The van der Waals surface area contributed by atoms with E-state index in [1.165, 1.54) is 0 Å². The summed E-state index contributed by atoms with van der Waals surface area (Å²) in [4.78, 5) is 28.7. The van der Waals surface area contributed by atoms with Gasteiger partial charge in [-0.2, -0.15) is 0 Å². The molecule has 0 saturated carbocycles. The second-order valence-corrected chi connectivity index (χ2v) is 6.82. The van der Waals surface area contributed by atoms with Crippen molar-refractivity contribution < 1.29 is 18.8 Å². The molecule has 2 aromatic rings. The van der Waals surface area contributed by atoms with Gasteiger partial charge in [0.25, 0.3) is 11.8 Å². The summed E-state index contributed by atoms with van der Waals surface area (Å²) in [6.45, 7) is 3.51. The standard InChI is InChI=1S/C19H21N3O4/c1-13-9-17(26-20-13)19(24)21-8-7-16-14(10-21)11-22(18(23)12-25-16)15-5-3-2-4-6-15/h2-6,9,14,16H,7-8,10-12H2,1H3/t14-,16+/m1/s1. The third kappa shape index (κ3) is 3.22. The Bertz CT molecular complexity index is 804. The van der Waals surface area contributed by atoms with Crippen LogP contribution in [0.3, 0.4) is 0 Å². The maximum absolute atomic E-state index is 12.7. The number of benzene rings is 1. The van der Waals surface area contributed by atoms with E-state index in [2.05, 4.69) is 5.16 Å². The number of aromatic nitrogens is 1. The van der Waals surface area contributed by atoms with E-state index in [0.29, 0.717) is 31.7 Å². The van der Waals surface area contributed by atoms with Gasteiger partial charge in [0.05, 0.1) is 11.8 Å². The second kappa shape index (κ2) is 6.92. The van der Waals surface area contributed by atoms with Crippen LogP contribution in [0.5, 0.6) is 0 Å². The lowest BCUT2D eigenvalue weighted by Gasteiger charge is -2.37. The first kappa shape index (κ1) is 16.8. The monoisotopic (exact) mass is 355 g/mol. The van der Waals surface area contributed by atoms with Gasteiger partial charge < -0.3 is 19.1 Å². The summed E-state index contributed by atoms with van der Waals surface area (Å²) in [6.07, 6.45) is 0.688. The number of amides is 2. The molecule has 4 rings (SSSR count). The van der Waals surface area contributed by atoms with Gasteiger partial charge in [0.2, 0.25) is 5.76 Å². The number of aryl methyl sites for hydroxylation is 1. The first-order valence-corrected chi connectivity index (χ1v) is 8.81. The second-order valence-electron chi connectivity index (χ2n) is 6.82. The van der Waals surface area contributed by atoms with Crippen LogP contribution in [0.15, 0.2) is 40.9 Å². The number of rotatable bonds is 2. The summed E-state index contributed by atoms with van der Waals surface area (Å²) < 4.78 is 11.0. The molecule has 7 nitrogen and oxygen atoms in total. The van der Waals surface area contributed by atoms with Crippen LogP contribution >= 0.6 is 0 Å². The third-order valence-corrected chi connectivity index (χ3v) is 5.00. The Balaban J connectivity index is 1.52. The minimum Gasteiger partial charge on any atom is -0.368 e. The number of fused-ring (bicyclic) bond motifs is 1. The van der Waals surface area contributed by atoms with Crippen molar-refractivity contribution >= 4 is 17.5 Å². The maximum atomic E-state index is 12.7. The number of anilines is 1. The molecule has 2 amide bonds. The normalized spacial score (nSPS) is 23.5. The number of hydrogen-bond donors (Lipinski definition) is 0. The van der Waals surface area contributed by atoms with Crippen LogP contribution in [-0.4, -0.2) is 54.2 Å². The molecule has 7 heteroatoms. The van der Waals surface area contributed by atoms with E-state index in [0.717, 1.165) is 5.69 Å². The first-order valence-electron chi connectivity index (χ1n) is 8.81. The highest BCUT2D eigenvalue weighted by molar-refractivity contribution is 5.94. The zero-order chi connectivity index (χ0) is 18.1. The predicted molar refractivity (Wildman–Crippen MR) is 93.8 cm³/mol. The minimum atomic E-state index is -0.161. The lowest BCUT2D eigenvalue weighted by molar-refractivity contribution is -0.124. The highest BCUT2D eigenvalue weighted by Crippen LogP contribution is 2.28. The summed E-state index contributed by atoms with van der Waals surface area (Å²) >= 11 is 0. The molecule has 3 heterocycles. The topological polar surface area (TPSA) is 75.9 Å². The number of nitrogens with zero attached hydrogens (tertiary/aromatic N) is 3. The molecule has 26 heavy (non-hydrogen) atoms. The molecule has 2 saturated heterocycles. The molecule has 136 valence electrons. The van der Waals surface area contributed by atoms with Crippen molar-refractivity contribution in [3.8, 4) is 0 Å². The van der Waals surface area contributed by atoms with E-state index in [1.54, 1.807) is 22.8 Å². The zero-order valence-electron chi connectivity index (χ0n) is 14.6. The van der Waals surface area contributed by atoms with Crippen molar-refractivity contribution in [1.29, 1.82) is 0 Å². The average molecular weight is 355 g/mol. The Morgan fingerprint density at radius 1 is 1.23 bits per heavy atom. The summed E-state index contributed by atoms with van der Waals surface area (Å²) in [5.74, 6) is 0.107. The first-order chi connectivity index (χ1) is 12.6. The van der Waals surface area contributed by atoms with Crippen molar-refractivity contribution in [2.24, 2.45) is 5.92 Å². The van der Waals surface area contributed by atoms with Gasteiger partial charge in [0, 0.05) is 37.3 Å². The van der Waals surface area contributed by atoms with Crippen LogP contribution in [0, 0.1) is 12.8 Å². The van der Waals surface area contributed by atoms with E-state index in [1.807, 2.05) is 30.3 Å². The fourth-order valence-electron chi connectivity index (χ4n) is 3.66. The minimum absolute atomic E-state index is 0.0202. The predicted octanol–water partition coefficient (Wildman–Crippen LogP) is 1.88. The summed E-state index contributed by atoms with van der Waals surface area (Å²) in [7, 11) is 0. The van der Waals surface area contributed by atoms with Gasteiger partial charge >= 0.3 is 0 Å². The Morgan fingerprint density at radius 3 is 2.77 bits per heavy atom. The molecule has 0 N–H and O–H groups in total. The molecule has 2 atom stereocenters. The van der Waals surface area contributed by atoms with Crippen LogP contribution in [0.25, 0.3) is 0 Å². The largest absolute Gasteiger partial charge is 0.368 e. The number of carbonyl (C=O) groups is 2. The van der Waals surface area contributed by atoms with Gasteiger partial charge in [-0.05, 0) is 25.5 Å². The number of likely N-dealkylation sites (tertiary alicyclic amines) is 1. The molecule has 0 spiro atoms. The Hall–Kier alpha value is -2.67. The Labute approximate surface area is 151 Å². The zero-order valence-corrected chi connectivity index (χ0v) is 14.6. The van der Waals surface area contributed by atoms with Crippen LogP contribution in [-0.2, 0) is 9.53 Å². The van der Waals surface area contributed by atoms with Crippen LogP contribution in [0.4, 0.5) is 5.69 Å². The van der Waals surface area contributed by atoms with Crippen molar-refractivity contribution in [1.82, 2.24) is 10.1 Å². The van der Waals surface area contributed by atoms with Crippen molar-refractivity contribution in [2.75, 3.05) is 31.1 Å². The fourth-order valence-corrected chi connectivity index (χ4v) is 3.66. The molecule has 2 aliphatic heterocycles. The van der Waals surface area contributed by atoms with E-state index < -0.39 is 0 Å². The molecule has 0 radical (unpaired) electrons. The highest BCUT2D eigenvalue weighted by atomic mass is 16.5. The Morgan fingerprint density at radius 2 is 2.04 bits per heavy atom. The van der Waals surface area contributed by atoms with E-state index in [-0.39, 0.29) is 36.2 Å². The number of ether oxygens (including phenoxy) is 1. The quantitative estimate of drug-likeness (QED) is 0.822. The molecule has 1 aromatic carbocycles. The van der Waals surface area contributed by atoms with Gasteiger partial charge in [-0.15, -0.1) is 0 Å². The molecule has 0 aliphatic carbocycles. The third-order valence-electron chi connectivity index (χ3n) is 5.00. The fraction of sp³-hybridized carbons (Fsp3) is 0.421. The summed E-state index contributed by atoms with van der Waals surface area (Å²) in [5.41, 5.74) is 1.54. The van der Waals surface area contributed by atoms with E-state index in [4.69, 9.17) is 9.26 Å². The van der Waals surface area contributed by atoms with E-state index in [9.17, 15) is 9.59 Å². The van der Waals surface area contributed by atoms with Gasteiger partial charge in [-0.3, -0.25) is 9.59 Å². The number of piperidine rings is 1. The van der Waals surface area contributed by atoms with Gasteiger partial charge in [0.15, 0.2) is 0 Å². The van der Waals surface area contributed by atoms with Crippen LogP contribution < -0.4 is 4.90 Å². The number of para-hydroxylation sites is 1. The maximum Gasteiger partial charge on any atom is 0.292 e. The average Bonchev–Trinajstić information content (AvgIpc) is 3.03. The molecule has 2 aliphatic rings. The summed E-state index contributed by atoms with van der Waals surface area (Å²) in [5, 5.41) is 3.79. The van der Waals surface area contributed by atoms with Crippen LogP contribution in [0.1, 0.15) is 22.7 Å². The van der Waals surface area contributed by atoms with Crippen molar-refractivity contribution in [3.05, 3.63) is 47.9 Å². The molecule has 0 unspecified atom stereocenters. The number of carbonyl (C=O) groups excluding carboxylic acids is 2. The summed E-state index contributed by atoms with van der Waals surface area (Å²) in [6, 6.07) is 11.2. The van der Waals surface area contributed by atoms with Gasteiger partial charge in [0.1, 0.15) is 6.61 Å². The van der Waals surface area contributed by atoms with Crippen molar-refractivity contribution in [3.63, 3.8) is 0 Å². The molecule has 1 aromatic heterocycles. The van der Waals surface area contributed by atoms with E-state index >= 15 is 0 Å². The van der Waals surface area contributed by atoms with Gasteiger partial charge in [-0.25, -0.2) is 0 Å². The number of hydrogen-bond acceptors (Lipinski definition) is 5. The van der Waals surface area contributed by atoms with Gasteiger partial charge in [-0.1, -0.05) is 23.4 Å². The lowest BCUT2D eigenvalue weighted by atomic mass is 9.93. The highest BCUT2D eigenvalue weighted by Gasteiger charge is 2.38. The SMILES string of the molecule is Cc1cc(C(=O)N2CC[C@@H]3OCC(=O)N(c4ccccc4)C[C@H]3C2)on1. The molecular weight excluding hydrogens is 334 g/mol.